The van der Waals surface area contributed by atoms with Crippen LogP contribution in [0.4, 0.5) is 5.82 Å². The molecule has 3 nitrogen and oxygen atoms in total. The number of hydrogen-bond acceptors (Lipinski definition) is 3. The molecule has 0 bridgehead atoms. The van der Waals surface area contributed by atoms with Gasteiger partial charge in [-0.15, -0.1) is 0 Å². The zero-order chi connectivity index (χ0) is 13.0. The monoisotopic (exact) mass is 247 g/mol. The van der Waals surface area contributed by atoms with E-state index in [1.165, 1.54) is 31.2 Å². The second-order valence-corrected chi connectivity index (χ2v) is 5.42. The minimum atomic E-state index is 0.0575. The van der Waals surface area contributed by atoms with Crippen molar-refractivity contribution in [3.63, 3.8) is 0 Å². The van der Waals surface area contributed by atoms with Crippen LogP contribution in [-0.4, -0.2) is 18.1 Å². The third-order valence-corrected chi connectivity index (χ3v) is 3.92. The molecule has 0 spiro atoms. The van der Waals surface area contributed by atoms with Crippen molar-refractivity contribution in [3.05, 3.63) is 23.9 Å². The first-order valence-electron chi connectivity index (χ1n) is 7.17. The van der Waals surface area contributed by atoms with Crippen LogP contribution >= 0.6 is 0 Å². The third kappa shape index (κ3) is 3.02. The minimum absolute atomic E-state index is 0.0575. The van der Waals surface area contributed by atoms with E-state index in [-0.39, 0.29) is 6.04 Å². The second-order valence-electron chi connectivity index (χ2n) is 5.42. The Labute approximate surface area is 110 Å². The molecule has 1 aliphatic heterocycles. The van der Waals surface area contributed by atoms with Gasteiger partial charge in [0.15, 0.2) is 0 Å². The van der Waals surface area contributed by atoms with E-state index in [9.17, 15) is 0 Å². The summed E-state index contributed by atoms with van der Waals surface area (Å²) in [6, 6.07) is 4.14. The quantitative estimate of drug-likeness (QED) is 0.889. The smallest absolute Gasteiger partial charge is 0.133 e. The molecule has 0 radical (unpaired) electrons. The molecule has 1 aromatic heterocycles. The fourth-order valence-electron chi connectivity index (χ4n) is 2.87. The summed E-state index contributed by atoms with van der Waals surface area (Å²) in [5, 5.41) is 0. The maximum Gasteiger partial charge on any atom is 0.133 e. The molecular weight excluding hydrogens is 222 g/mol. The van der Waals surface area contributed by atoms with Gasteiger partial charge in [-0.3, -0.25) is 0 Å². The molecule has 1 aliphatic rings. The zero-order valence-corrected chi connectivity index (χ0v) is 11.6. The highest BCUT2D eigenvalue weighted by atomic mass is 15.2. The third-order valence-electron chi connectivity index (χ3n) is 3.92. The van der Waals surface area contributed by atoms with Crippen molar-refractivity contribution in [1.29, 1.82) is 0 Å². The van der Waals surface area contributed by atoms with E-state index in [2.05, 4.69) is 22.9 Å². The first kappa shape index (κ1) is 13.3. The molecule has 0 aromatic carbocycles. The van der Waals surface area contributed by atoms with E-state index >= 15 is 0 Å². The molecule has 0 unspecified atom stereocenters. The number of pyridine rings is 1. The molecule has 0 saturated carbocycles. The molecule has 2 rings (SSSR count). The van der Waals surface area contributed by atoms with Crippen molar-refractivity contribution in [2.45, 2.75) is 45.6 Å². The van der Waals surface area contributed by atoms with Crippen LogP contribution in [0.25, 0.3) is 0 Å². The summed E-state index contributed by atoms with van der Waals surface area (Å²) in [7, 11) is 0. The summed E-state index contributed by atoms with van der Waals surface area (Å²) < 4.78 is 0. The summed E-state index contributed by atoms with van der Waals surface area (Å²) >= 11 is 0. The van der Waals surface area contributed by atoms with Gasteiger partial charge in [0.25, 0.3) is 0 Å². The van der Waals surface area contributed by atoms with Crippen molar-refractivity contribution < 1.29 is 0 Å². The van der Waals surface area contributed by atoms with Crippen LogP contribution in [0.1, 0.15) is 51.1 Å². The van der Waals surface area contributed by atoms with Crippen molar-refractivity contribution in [1.82, 2.24) is 4.98 Å². The lowest BCUT2D eigenvalue weighted by Crippen LogP contribution is -2.35. The number of aromatic nitrogens is 1. The number of nitrogens with zero attached hydrogens (tertiary/aromatic N) is 2. The summed E-state index contributed by atoms with van der Waals surface area (Å²) in [5.41, 5.74) is 7.20. The normalized spacial score (nSPS) is 18.9. The Morgan fingerprint density at radius 2 is 2.17 bits per heavy atom. The Kier molecular flexibility index (Phi) is 4.59. The molecule has 0 aliphatic carbocycles. The maximum absolute atomic E-state index is 6.03. The Morgan fingerprint density at radius 1 is 1.44 bits per heavy atom. The van der Waals surface area contributed by atoms with E-state index in [1.54, 1.807) is 0 Å². The Hall–Kier alpha value is -1.09. The molecule has 18 heavy (non-hydrogen) atoms. The van der Waals surface area contributed by atoms with E-state index in [4.69, 9.17) is 5.73 Å². The molecule has 3 heteroatoms. The van der Waals surface area contributed by atoms with Crippen molar-refractivity contribution in [3.8, 4) is 0 Å². The lowest BCUT2D eigenvalue weighted by atomic mass is 9.92. The average molecular weight is 247 g/mol. The molecular formula is C15H25N3. The van der Waals surface area contributed by atoms with Gasteiger partial charge in [0, 0.05) is 30.9 Å². The van der Waals surface area contributed by atoms with Crippen LogP contribution in [0.15, 0.2) is 18.3 Å². The number of hydrogen-bond donors (Lipinski definition) is 1. The van der Waals surface area contributed by atoms with Gasteiger partial charge in [-0.05, 0) is 31.7 Å². The predicted octanol–water partition coefficient (Wildman–Crippen LogP) is 3.12. The van der Waals surface area contributed by atoms with Crippen molar-refractivity contribution in [2.75, 3.05) is 18.0 Å². The first-order valence-corrected chi connectivity index (χ1v) is 7.17. The Balaban J connectivity index is 2.05. The van der Waals surface area contributed by atoms with Crippen molar-refractivity contribution in [2.24, 2.45) is 11.7 Å². The van der Waals surface area contributed by atoms with E-state index in [1.807, 2.05) is 19.2 Å². The standard InChI is InChI=1S/C15H25N3/c1-3-5-13-7-10-18(11-8-13)15-14(12(2)16)6-4-9-17-15/h4,6,9,12-13H,3,5,7-8,10-11,16H2,1-2H3/t12-/m0/s1. The largest absolute Gasteiger partial charge is 0.356 e. The minimum Gasteiger partial charge on any atom is -0.356 e. The molecule has 100 valence electrons. The second kappa shape index (κ2) is 6.19. The Bertz CT molecular complexity index is 368. The number of anilines is 1. The van der Waals surface area contributed by atoms with Crippen LogP contribution in [0.2, 0.25) is 0 Å². The van der Waals surface area contributed by atoms with E-state index < -0.39 is 0 Å². The van der Waals surface area contributed by atoms with Crippen LogP contribution in [-0.2, 0) is 0 Å². The van der Waals surface area contributed by atoms with Crippen LogP contribution < -0.4 is 10.6 Å². The fraction of sp³-hybridized carbons (Fsp3) is 0.667. The fourth-order valence-corrected chi connectivity index (χ4v) is 2.87. The highest BCUT2D eigenvalue weighted by molar-refractivity contribution is 5.48. The summed E-state index contributed by atoms with van der Waals surface area (Å²) in [6.45, 7) is 6.56. The van der Waals surface area contributed by atoms with Gasteiger partial charge in [0.2, 0.25) is 0 Å². The van der Waals surface area contributed by atoms with Gasteiger partial charge >= 0.3 is 0 Å². The average Bonchev–Trinajstić information content (AvgIpc) is 2.40. The SMILES string of the molecule is CCCC1CCN(c2ncccc2[C@H](C)N)CC1. The zero-order valence-electron chi connectivity index (χ0n) is 11.6. The lowest BCUT2D eigenvalue weighted by Gasteiger charge is -2.34. The Morgan fingerprint density at radius 3 is 2.78 bits per heavy atom. The lowest BCUT2D eigenvalue weighted by molar-refractivity contribution is 0.377. The van der Waals surface area contributed by atoms with Crippen LogP contribution in [0.3, 0.4) is 0 Å². The van der Waals surface area contributed by atoms with Gasteiger partial charge < -0.3 is 10.6 Å². The van der Waals surface area contributed by atoms with Crippen LogP contribution in [0, 0.1) is 5.92 Å². The summed E-state index contributed by atoms with van der Waals surface area (Å²) in [4.78, 5) is 6.95. The molecule has 0 amide bonds. The number of piperidine rings is 1. The molecule has 1 atom stereocenters. The van der Waals surface area contributed by atoms with E-state index in [0.717, 1.165) is 24.8 Å². The molecule has 1 fully saturated rings. The highest BCUT2D eigenvalue weighted by Gasteiger charge is 2.21. The van der Waals surface area contributed by atoms with Gasteiger partial charge in [-0.25, -0.2) is 4.98 Å². The summed E-state index contributed by atoms with van der Waals surface area (Å²) in [6.07, 6.45) is 7.14. The molecule has 2 N–H and O–H groups in total. The predicted molar refractivity (Wildman–Crippen MR) is 76.7 cm³/mol. The van der Waals surface area contributed by atoms with Gasteiger partial charge in [0.1, 0.15) is 5.82 Å². The van der Waals surface area contributed by atoms with Crippen molar-refractivity contribution >= 4 is 5.82 Å². The molecule has 2 heterocycles. The maximum atomic E-state index is 6.03. The van der Waals surface area contributed by atoms with Gasteiger partial charge in [-0.1, -0.05) is 25.8 Å². The van der Waals surface area contributed by atoms with E-state index in [0.29, 0.717) is 0 Å². The highest BCUT2D eigenvalue weighted by Crippen LogP contribution is 2.28. The number of rotatable bonds is 4. The molecule has 1 saturated heterocycles. The van der Waals surface area contributed by atoms with Crippen LogP contribution in [0.5, 0.6) is 0 Å². The first-order chi connectivity index (χ1) is 8.72. The summed E-state index contributed by atoms with van der Waals surface area (Å²) in [5.74, 6) is 2.01. The van der Waals surface area contributed by atoms with Gasteiger partial charge in [0.05, 0.1) is 0 Å². The molecule has 1 aromatic rings. The van der Waals surface area contributed by atoms with Gasteiger partial charge in [-0.2, -0.15) is 0 Å². The number of nitrogens with two attached hydrogens (primary N) is 1. The topological polar surface area (TPSA) is 42.2 Å².